The van der Waals surface area contributed by atoms with Crippen molar-refractivity contribution in [2.75, 3.05) is 0 Å². The van der Waals surface area contributed by atoms with Gasteiger partial charge >= 0.3 is 0 Å². The molecule has 0 spiro atoms. The highest BCUT2D eigenvalue weighted by molar-refractivity contribution is 6.04. The molecule has 0 N–H and O–H groups in total. The Morgan fingerprint density at radius 3 is 2.36 bits per heavy atom. The predicted octanol–water partition coefficient (Wildman–Crippen LogP) is 4.66. The summed E-state index contributed by atoms with van der Waals surface area (Å²) in [5, 5.41) is 5.06. The van der Waals surface area contributed by atoms with Crippen LogP contribution in [0.2, 0.25) is 0 Å². The Labute approximate surface area is 190 Å². The maximum atomic E-state index is 13.2. The van der Waals surface area contributed by atoms with E-state index in [1.807, 2.05) is 36.4 Å². The second-order valence-corrected chi connectivity index (χ2v) is 9.00. The standard InChI is InChI=1S/C26H24N6O/c1-5-14-31-16-27-23-21(25(31)33)22-24(30-20-9-7-6-8-19(20)29-22)32(23)28-15-17-10-12-18(13-11-17)26(2,3)4/h5-13,15-16H,1,14H2,2-4H3/b28-15+. The van der Waals surface area contributed by atoms with Crippen LogP contribution in [-0.2, 0) is 12.0 Å². The van der Waals surface area contributed by atoms with Crippen molar-refractivity contribution < 1.29 is 0 Å². The van der Waals surface area contributed by atoms with Gasteiger partial charge in [0.1, 0.15) is 17.2 Å². The molecule has 7 nitrogen and oxygen atoms in total. The highest BCUT2D eigenvalue weighted by Crippen LogP contribution is 2.25. The number of benzene rings is 2. The van der Waals surface area contributed by atoms with Gasteiger partial charge in [0.05, 0.1) is 17.2 Å². The van der Waals surface area contributed by atoms with E-state index in [-0.39, 0.29) is 11.0 Å². The third-order valence-corrected chi connectivity index (χ3v) is 5.63. The molecular formula is C26H24N6O. The van der Waals surface area contributed by atoms with Crippen molar-refractivity contribution >= 4 is 39.4 Å². The molecule has 7 heteroatoms. The summed E-state index contributed by atoms with van der Waals surface area (Å²) in [5.74, 6) is 0. The lowest BCUT2D eigenvalue weighted by Gasteiger charge is -2.18. The minimum Gasteiger partial charge on any atom is -0.295 e. The third-order valence-electron chi connectivity index (χ3n) is 5.63. The van der Waals surface area contributed by atoms with Crippen molar-refractivity contribution in [2.24, 2.45) is 5.10 Å². The molecule has 164 valence electrons. The van der Waals surface area contributed by atoms with Crippen molar-refractivity contribution in [2.45, 2.75) is 32.7 Å². The molecule has 0 bridgehead atoms. The van der Waals surface area contributed by atoms with Crippen LogP contribution in [0.3, 0.4) is 0 Å². The van der Waals surface area contributed by atoms with E-state index in [2.05, 4.69) is 49.6 Å². The van der Waals surface area contributed by atoms with Crippen LogP contribution >= 0.6 is 0 Å². The molecule has 0 radical (unpaired) electrons. The average molecular weight is 437 g/mol. The summed E-state index contributed by atoms with van der Waals surface area (Å²) in [6.07, 6.45) is 4.92. The smallest absolute Gasteiger partial charge is 0.265 e. The molecule has 0 amide bonds. The first kappa shape index (κ1) is 20.8. The highest BCUT2D eigenvalue weighted by Gasteiger charge is 2.19. The number of hydrogen-bond donors (Lipinski definition) is 0. The first-order valence-corrected chi connectivity index (χ1v) is 10.8. The Bertz CT molecular complexity index is 1600. The van der Waals surface area contributed by atoms with Crippen molar-refractivity contribution in [3.63, 3.8) is 0 Å². The largest absolute Gasteiger partial charge is 0.295 e. The zero-order chi connectivity index (χ0) is 23.2. The molecule has 3 aromatic heterocycles. The average Bonchev–Trinajstić information content (AvgIpc) is 3.11. The number of para-hydroxylation sites is 2. The second kappa shape index (κ2) is 7.78. The lowest BCUT2D eigenvalue weighted by Crippen LogP contribution is -2.19. The maximum Gasteiger partial charge on any atom is 0.265 e. The summed E-state index contributed by atoms with van der Waals surface area (Å²) in [6, 6.07) is 15.8. The van der Waals surface area contributed by atoms with E-state index in [1.54, 1.807) is 17.0 Å². The van der Waals surface area contributed by atoms with E-state index >= 15 is 0 Å². The van der Waals surface area contributed by atoms with Gasteiger partial charge in [-0.15, -0.1) is 6.58 Å². The third kappa shape index (κ3) is 3.61. The van der Waals surface area contributed by atoms with Gasteiger partial charge in [0, 0.05) is 6.54 Å². The van der Waals surface area contributed by atoms with Gasteiger partial charge in [0.2, 0.25) is 0 Å². The van der Waals surface area contributed by atoms with E-state index in [9.17, 15) is 4.79 Å². The van der Waals surface area contributed by atoms with E-state index in [1.165, 1.54) is 16.5 Å². The summed E-state index contributed by atoms with van der Waals surface area (Å²) >= 11 is 0. The monoisotopic (exact) mass is 436 g/mol. The minimum absolute atomic E-state index is 0.0778. The van der Waals surface area contributed by atoms with Crippen molar-refractivity contribution in [1.82, 2.24) is 24.2 Å². The van der Waals surface area contributed by atoms with Crippen LogP contribution in [0.25, 0.3) is 33.2 Å². The van der Waals surface area contributed by atoms with Gasteiger partial charge in [0.15, 0.2) is 11.3 Å². The summed E-state index contributed by atoms with van der Waals surface area (Å²) in [4.78, 5) is 27.3. The molecule has 0 aliphatic rings. The van der Waals surface area contributed by atoms with Crippen LogP contribution in [0.5, 0.6) is 0 Å². The number of nitrogens with zero attached hydrogens (tertiary/aromatic N) is 6. The molecule has 33 heavy (non-hydrogen) atoms. The molecule has 0 fully saturated rings. The molecule has 0 saturated heterocycles. The second-order valence-electron chi connectivity index (χ2n) is 9.00. The molecule has 0 aliphatic carbocycles. The molecule has 0 unspecified atom stereocenters. The predicted molar refractivity (Wildman–Crippen MR) is 133 cm³/mol. The maximum absolute atomic E-state index is 13.2. The van der Waals surface area contributed by atoms with Gasteiger partial charge in [-0.05, 0) is 28.7 Å². The molecular weight excluding hydrogens is 412 g/mol. The van der Waals surface area contributed by atoms with Crippen molar-refractivity contribution in [3.8, 4) is 0 Å². The molecule has 5 rings (SSSR count). The Hall–Kier alpha value is -4.13. The van der Waals surface area contributed by atoms with E-state index in [0.717, 1.165) is 11.1 Å². The van der Waals surface area contributed by atoms with Crippen LogP contribution < -0.4 is 5.56 Å². The number of hydrogen-bond acceptors (Lipinski definition) is 5. The Kier molecular flexibility index (Phi) is 4.89. The topological polar surface area (TPSA) is 78.0 Å². The molecule has 0 aliphatic heterocycles. The first-order chi connectivity index (χ1) is 15.9. The zero-order valence-electron chi connectivity index (χ0n) is 18.9. The fourth-order valence-corrected chi connectivity index (χ4v) is 3.83. The van der Waals surface area contributed by atoms with Gasteiger partial charge in [-0.2, -0.15) is 9.78 Å². The van der Waals surface area contributed by atoms with Crippen LogP contribution in [0, 0.1) is 0 Å². The van der Waals surface area contributed by atoms with E-state index in [4.69, 9.17) is 9.97 Å². The van der Waals surface area contributed by atoms with Crippen LogP contribution in [0.15, 0.2) is 77.4 Å². The summed E-state index contributed by atoms with van der Waals surface area (Å²) < 4.78 is 3.10. The lowest BCUT2D eigenvalue weighted by atomic mass is 9.87. The van der Waals surface area contributed by atoms with Crippen molar-refractivity contribution in [3.05, 3.63) is 89.0 Å². The Morgan fingerprint density at radius 1 is 1.00 bits per heavy atom. The first-order valence-electron chi connectivity index (χ1n) is 10.8. The molecule has 5 aromatic rings. The van der Waals surface area contributed by atoms with Crippen LogP contribution in [-0.4, -0.2) is 30.4 Å². The fourth-order valence-electron chi connectivity index (χ4n) is 3.83. The van der Waals surface area contributed by atoms with E-state index in [0.29, 0.717) is 34.3 Å². The fraction of sp³-hybridized carbons (Fsp3) is 0.192. The highest BCUT2D eigenvalue weighted by atomic mass is 16.1. The summed E-state index contributed by atoms with van der Waals surface area (Å²) in [5.41, 5.74) is 4.91. The lowest BCUT2D eigenvalue weighted by molar-refractivity contribution is 0.590. The van der Waals surface area contributed by atoms with Gasteiger partial charge in [0.25, 0.3) is 5.56 Å². The normalized spacial score (nSPS) is 12.3. The zero-order valence-corrected chi connectivity index (χ0v) is 18.9. The SMILES string of the molecule is C=CCn1cnc2c(c1=O)c1nc3ccccc3nc1n2/N=C/c1ccc(C(C)(C)C)cc1. The molecule has 0 saturated carbocycles. The molecule has 3 heterocycles. The molecule has 0 atom stereocenters. The minimum atomic E-state index is -0.196. The van der Waals surface area contributed by atoms with Gasteiger partial charge < -0.3 is 0 Å². The number of fused-ring (bicyclic) bond motifs is 4. The van der Waals surface area contributed by atoms with Crippen LogP contribution in [0.1, 0.15) is 31.9 Å². The van der Waals surface area contributed by atoms with E-state index < -0.39 is 0 Å². The van der Waals surface area contributed by atoms with Gasteiger partial charge in [-0.3, -0.25) is 9.36 Å². The quantitative estimate of drug-likeness (QED) is 0.303. The molecule has 2 aromatic carbocycles. The summed E-state index contributed by atoms with van der Waals surface area (Å²) in [7, 11) is 0. The van der Waals surface area contributed by atoms with Gasteiger partial charge in [-0.25, -0.2) is 15.0 Å². The number of rotatable bonds is 4. The number of aromatic nitrogens is 5. The Balaban J connectivity index is 1.73. The van der Waals surface area contributed by atoms with Crippen LogP contribution in [0.4, 0.5) is 0 Å². The summed E-state index contributed by atoms with van der Waals surface area (Å²) in [6.45, 7) is 10.6. The number of allylic oxidation sites excluding steroid dienone is 1. The van der Waals surface area contributed by atoms with Crippen molar-refractivity contribution in [1.29, 1.82) is 0 Å². The van der Waals surface area contributed by atoms with Gasteiger partial charge in [-0.1, -0.05) is 63.2 Å². The Morgan fingerprint density at radius 2 is 1.70 bits per heavy atom.